The minimum absolute atomic E-state index is 0.0908. The molecule has 3 heterocycles. The highest BCUT2D eigenvalue weighted by molar-refractivity contribution is 5.94. The quantitative estimate of drug-likeness (QED) is 0.666. The molecular weight excluding hydrogens is 388 g/mol. The first-order valence-corrected chi connectivity index (χ1v) is 10.7. The smallest absolute Gasteiger partial charge is 0.270 e. The molecule has 0 spiro atoms. The number of anilines is 1. The number of carbonyl (C=O) groups excluding carboxylic acids is 1. The Labute approximate surface area is 183 Å². The van der Waals surface area contributed by atoms with E-state index in [-0.39, 0.29) is 5.91 Å². The Kier molecular flexibility index (Phi) is 6.32. The maximum absolute atomic E-state index is 13.1. The molecule has 0 unspecified atom stereocenters. The van der Waals surface area contributed by atoms with Crippen LogP contribution in [-0.4, -0.2) is 63.5 Å². The Balaban J connectivity index is 1.40. The van der Waals surface area contributed by atoms with E-state index in [9.17, 15) is 4.79 Å². The summed E-state index contributed by atoms with van der Waals surface area (Å²) in [6.07, 6.45) is 7.59. The monoisotopic (exact) mass is 418 g/mol. The lowest BCUT2D eigenvalue weighted by Crippen LogP contribution is -2.44. The van der Waals surface area contributed by atoms with Crippen LogP contribution in [0.5, 0.6) is 0 Å². The Morgan fingerprint density at radius 1 is 1.10 bits per heavy atom. The van der Waals surface area contributed by atoms with Gasteiger partial charge in [0.1, 0.15) is 5.69 Å². The molecule has 1 aliphatic rings. The molecule has 4 rings (SSSR count). The average molecular weight is 419 g/mol. The van der Waals surface area contributed by atoms with E-state index in [2.05, 4.69) is 46.4 Å². The van der Waals surface area contributed by atoms with Gasteiger partial charge in [-0.05, 0) is 38.6 Å². The van der Waals surface area contributed by atoms with Gasteiger partial charge in [-0.15, -0.1) is 0 Å². The lowest BCUT2D eigenvalue weighted by molar-refractivity contribution is 0.0654. The van der Waals surface area contributed by atoms with Crippen LogP contribution >= 0.6 is 0 Å². The molecule has 162 valence electrons. The Bertz CT molecular complexity index is 1000. The summed E-state index contributed by atoms with van der Waals surface area (Å²) in [6.45, 7) is 2.27. The van der Waals surface area contributed by atoms with Gasteiger partial charge < -0.3 is 19.7 Å². The van der Waals surface area contributed by atoms with E-state index in [1.54, 1.807) is 12.4 Å². The molecule has 7 nitrogen and oxygen atoms in total. The Morgan fingerprint density at radius 3 is 2.42 bits per heavy atom. The van der Waals surface area contributed by atoms with Crippen LogP contribution in [0.4, 0.5) is 5.95 Å². The van der Waals surface area contributed by atoms with E-state index < -0.39 is 0 Å². The van der Waals surface area contributed by atoms with Gasteiger partial charge >= 0.3 is 0 Å². The van der Waals surface area contributed by atoms with Gasteiger partial charge in [-0.3, -0.25) is 4.79 Å². The molecule has 1 amide bonds. The van der Waals surface area contributed by atoms with Crippen molar-refractivity contribution in [2.24, 2.45) is 7.05 Å². The van der Waals surface area contributed by atoms with Crippen molar-refractivity contribution in [1.29, 1.82) is 0 Å². The SMILES string of the molecule is CN(C)C1CCN(C(=O)c2cc(-c3cnc(NCc4ccccc4)nc3)cn2C)CC1. The second kappa shape index (κ2) is 9.31. The van der Waals surface area contributed by atoms with Crippen LogP contribution in [-0.2, 0) is 13.6 Å². The molecule has 1 saturated heterocycles. The van der Waals surface area contributed by atoms with Crippen LogP contribution in [0.2, 0.25) is 0 Å². The zero-order valence-electron chi connectivity index (χ0n) is 18.5. The van der Waals surface area contributed by atoms with Crippen LogP contribution in [0.1, 0.15) is 28.9 Å². The van der Waals surface area contributed by atoms with E-state index in [0.29, 0.717) is 24.2 Å². The van der Waals surface area contributed by atoms with Crippen molar-refractivity contribution in [3.63, 3.8) is 0 Å². The van der Waals surface area contributed by atoms with Gasteiger partial charge in [0.05, 0.1) is 0 Å². The summed E-state index contributed by atoms with van der Waals surface area (Å²) in [5.74, 6) is 0.677. The zero-order chi connectivity index (χ0) is 21.8. The highest BCUT2D eigenvalue weighted by atomic mass is 16.2. The third-order valence-electron chi connectivity index (χ3n) is 5.98. The van der Waals surface area contributed by atoms with Crippen molar-refractivity contribution < 1.29 is 4.79 Å². The van der Waals surface area contributed by atoms with E-state index in [1.165, 1.54) is 5.56 Å². The summed E-state index contributed by atoms with van der Waals surface area (Å²) in [6, 6.07) is 12.6. The van der Waals surface area contributed by atoms with Crippen LogP contribution in [0.3, 0.4) is 0 Å². The molecule has 7 heteroatoms. The third-order valence-corrected chi connectivity index (χ3v) is 5.98. The number of hydrogen-bond acceptors (Lipinski definition) is 5. The number of amides is 1. The van der Waals surface area contributed by atoms with Gasteiger partial charge in [0.25, 0.3) is 5.91 Å². The number of carbonyl (C=O) groups is 1. The predicted molar refractivity (Wildman–Crippen MR) is 123 cm³/mol. The number of rotatable bonds is 6. The molecule has 0 saturated carbocycles. The molecule has 0 radical (unpaired) electrons. The number of hydrogen-bond donors (Lipinski definition) is 1. The van der Waals surface area contributed by atoms with E-state index in [0.717, 1.165) is 37.1 Å². The Morgan fingerprint density at radius 2 is 1.77 bits per heavy atom. The fourth-order valence-electron chi connectivity index (χ4n) is 4.03. The second-order valence-corrected chi connectivity index (χ2v) is 8.35. The summed E-state index contributed by atoms with van der Waals surface area (Å²) < 4.78 is 1.90. The number of benzene rings is 1. The summed E-state index contributed by atoms with van der Waals surface area (Å²) in [5, 5.41) is 3.24. The zero-order valence-corrected chi connectivity index (χ0v) is 18.5. The van der Waals surface area contributed by atoms with Crippen molar-refractivity contribution in [3.05, 3.63) is 66.2 Å². The number of nitrogens with one attached hydrogen (secondary N) is 1. The van der Waals surface area contributed by atoms with Gasteiger partial charge in [-0.25, -0.2) is 9.97 Å². The summed E-state index contributed by atoms with van der Waals surface area (Å²) in [5.41, 5.74) is 3.72. The number of aryl methyl sites for hydroxylation is 1. The first kappa shape index (κ1) is 21.1. The van der Waals surface area contributed by atoms with E-state index >= 15 is 0 Å². The maximum atomic E-state index is 13.1. The third kappa shape index (κ3) is 4.94. The normalized spacial score (nSPS) is 14.8. The standard InChI is InChI=1S/C24H30N6O/c1-28(2)21-9-11-30(12-10-21)23(31)22-13-19(17-29(22)3)20-15-26-24(27-16-20)25-14-18-7-5-4-6-8-18/h4-8,13,15-17,21H,9-12,14H2,1-3H3,(H,25,26,27). The molecule has 0 aliphatic carbocycles. The molecular formula is C24H30N6O. The first-order chi connectivity index (χ1) is 15.0. The average Bonchev–Trinajstić information content (AvgIpc) is 3.20. The highest BCUT2D eigenvalue weighted by Gasteiger charge is 2.26. The van der Waals surface area contributed by atoms with Crippen LogP contribution in [0.25, 0.3) is 11.1 Å². The predicted octanol–water partition coefficient (Wildman–Crippen LogP) is 3.26. The minimum Gasteiger partial charge on any atom is -0.350 e. The van der Waals surface area contributed by atoms with Crippen molar-refractivity contribution in [3.8, 4) is 11.1 Å². The van der Waals surface area contributed by atoms with Gasteiger partial charge in [0.2, 0.25) is 5.95 Å². The molecule has 1 N–H and O–H groups in total. The molecule has 1 aromatic carbocycles. The summed E-state index contributed by atoms with van der Waals surface area (Å²) in [7, 11) is 6.13. The van der Waals surface area contributed by atoms with Gasteiger partial charge in [0, 0.05) is 62.4 Å². The summed E-state index contributed by atoms with van der Waals surface area (Å²) in [4.78, 5) is 26.2. The maximum Gasteiger partial charge on any atom is 0.270 e. The van der Waals surface area contributed by atoms with Crippen molar-refractivity contribution in [2.75, 3.05) is 32.5 Å². The van der Waals surface area contributed by atoms with Crippen molar-refractivity contribution in [1.82, 2.24) is 24.3 Å². The van der Waals surface area contributed by atoms with Gasteiger partial charge in [-0.2, -0.15) is 0 Å². The second-order valence-electron chi connectivity index (χ2n) is 8.35. The molecule has 0 atom stereocenters. The molecule has 0 bridgehead atoms. The largest absolute Gasteiger partial charge is 0.350 e. The summed E-state index contributed by atoms with van der Waals surface area (Å²) >= 11 is 0. The fraction of sp³-hybridized carbons (Fsp3) is 0.375. The van der Waals surface area contributed by atoms with E-state index in [1.807, 2.05) is 47.0 Å². The number of aromatic nitrogens is 3. The Hall–Kier alpha value is -3.19. The molecule has 1 fully saturated rings. The lowest BCUT2D eigenvalue weighted by Gasteiger charge is -2.35. The number of nitrogens with zero attached hydrogens (tertiary/aromatic N) is 5. The molecule has 3 aromatic rings. The first-order valence-electron chi connectivity index (χ1n) is 10.7. The number of piperidine rings is 1. The van der Waals surface area contributed by atoms with Crippen molar-refractivity contribution >= 4 is 11.9 Å². The topological polar surface area (TPSA) is 66.3 Å². The van der Waals surface area contributed by atoms with Crippen molar-refractivity contribution in [2.45, 2.75) is 25.4 Å². The minimum atomic E-state index is 0.0908. The highest BCUT2D eigenvalue weighted by Crippen LogP contribution is 2.23. The van der Waals surface area contributed by atoms with Crippen LogP contribution in [0.15, 0.2) is 55.0 Å². The lowest BCUT2D eigenvalue weighted by atomic mass is 10.0. The fourth-order valence-corrected chi connectivity index (χ4v) is 4.03. The van der Waals surface area contributed by atoms with Gasteiger partial charge in [-0.1, -0.05) is 30.3 Å². The van der Waals surface area contributed by atoms with Crippen LogP contribution in [0, 0.1) is 0 Å². The molecule has 31 heavy (non-hydrogen) atoms. The molecule has 2 aromatic heterocycles. The number of likely N-dealkylation sites (tertiary alicyclic amines) is 1. The van der Waals surface area contributed by atoms with E-state index in [4.69, 9.17) is 0 Å². The molecule has 1 aliphatic heterocycles. The van der Waals surface area contributed by atoms with Gasteiger partial charge in [0.15, 0.2) is 0 Å². The van der Waals surface area contributed by atoms with Crippen LogP contribution < -0.4 is 5.32 Å².